The fourth-order valence-electron chi connectivity index (χ4n) is 3.21. The summed E-state index contributed by atoms with van der Waals surface area (Å²) >= 11 is 6.13. The van der Waals surface area contributed by atoms with E-state index in [4.69, 9.17) is 16.0 Å². The van der Waals surface area contributed by atoms with Crippen molar-refractivity contribution < 1.29 is 14.1 Å². The maximum atomic E-state index is 12.3. The van der Waals surface area contributed by atoms with E-state index in [0.717, 1.165) is 16.3 Å². The predicted octanol–water partition coefficient (Wildman–Crippen LogP) is 5.35. The van der Waals surface area contributed by atoms with Gasteiger partial charge in [0.25, 0.3) is 5.69 Å². The van der Waals surface area contributed by atoms with Crippen LogP contribution in [-0.4, -0.2) is 17.0 Å². The molecule has 0 radical (unpaired) electrons. The molecular formula is C23H16ClN3O4. The highest BCUT2D eigenvalue weighted by Gasteiger charge is 2.13. The Morgan fingerprint density at radius 1 is 1.10 bits per heavy atom. The number of nitro benzene ring substituents is 1. The summed E-state index contributed by atoms with van der Waals surface area (Å²) in [6.07, 6.45) is 1.57. The van der Waals surface area contributed by atoms with E-state index in [-0.39, 0.29) is 23.0 Å². The van der Waals surface area contributed by atoms with Gasteiger partial charge in [-0.05, 0) is 34.5 Å². The summed E-state index contributed by atoms with van der Waals surface area (Å²) in [6, 6.07) is 21.2. The van der Waals surface area contributed by atoms with E-state index < -0.39 is 4.92 Å². The molecule has 1 amide bonds. The number of halogens is 1. The third-order valence-electron chi connectivity index (χ3n) is 4.67. The van der Waals surface area contributed by atoms with E-state index >= 15 is 0 Å². The minimum Gasteiger partial charge on any atom is -0.455 e. The Bertz CT molecular complexity index is 1310. The van der Waals surface area contributed by atoms with E-state index in [1.807, 2.05) is 42.5 Å². The summed E-state index contributed by atoms with van der Waals surface area (Å²) in [4.78, 5) is 22.6. The number of carbonyl (C=O) groups is 1. The van der Waals surface area contributed by atoms with Gasteiger partial charge in [0.1, 0.15) is 11.5 Å². The van der Waals surface area contributed by atoms with Crippen molar-refractivity contribution in [2.75, 3.05) is 0 Å². The number of nitrogens with one attached hydrogen (secondary N) is 1. The molecule has 0 bridgehead atoms. The monoisotopic (exact) mass is 433 g/mol. The van der Waals surface area contributed by atoms with Gasteiger partial charge >= 0.3 is 0 Å². The number of non-ortho nitro benzene ring substituents is 1. The van der Waals surface area contributed by atoms with E-state index in [1.54, 1.807) is 12.1 Å². The molecule has 0 saturated carbocycles. The van der Waals surface area contributed by atoms with Crippen LogP contribution in [0.3, 0.4) is 0 Å². The molecule has 4 rings (SSSR count). The van der Waals surface area contributed by atoms with Gasteiger partial charge in [-0.3, -0.25) is 14.9 Å². The highest BCUT2D eigenvalue weighted by molar-refractivity contribution is 6.33. The van der Waals surface area contributed by atoms with E-state index in [1.165, 1.54) is 24.4 Å². The number of hydrazone groups is 1. The summed E-state index contributed by atoms with van der Waals surface area (Å²) in [5.74, 6) is 0.580. The number of fused-ring (bicyclic) bond motifs is 1. The van der Waals surface area contributed by atoms with Crippen LogP contribution in [0.5, 0.6) is 0 Å². The Morgan fingerprint density at radius 3 is 2.71 bits per heavy atom. The number of benzene rings is 3. The molecule has 0 atom stereocenters. The SMILES string of the molecule is O=C(Cc1cccc2ccccc12)NN=Cc1ccc(-c2ccc([N+](=O)[O-])cc2Cl)o1. The molecule has 0 aliphatic rings. The molecule has 8 heteroatoms. The van der Waals surface area contributed by atoms with Gasteiger partial charge in [-0.2, -0.15) is 5.10 Å². The lowest BCUT2D eigenvalue weighted by atomic mass is 10.0. The maximum Gasteiger partial charge on any atom is 0.270 e. The first-order valence-electron chi connectivity index (χ1n) is 9.34. The molecule has 0 unspecified atom stereocenters. The van der Waals surface area contributed by atoms with Gasteiger partial charge in [0.2, 0.25) is 5.91 Å². The fourth-order valence-corrected chi connectivity index (χ4v) is 3.48. The molecule has 0 fully saturated rings. The number of hydrogen-bond donors (Lipinski definition) is 1. The topological polar surface area (TPSA) is 97.7 Å². The van der Waals surface area contributed by atoms with Gasteiger partial charge in [-0.15, -0.1) is 0 Å². The molecule has 0 spiro atoms. The van der Waals surface area contributed by atoms with E-state index in [0.29, 0.717) is 17.1 Å². The van der Waals surface area contributed by atoms with Gasteiger partial charge in [-0.1, -0.05) is 54.1 Å². The van der Waals surface area contributed by atoms with Crippen LogP contribution in [0.15, 0.2) is 82.3 Å². The molecule has 4 aromatic rings. The largest absolute Gasteiger partial charge is 0.455 e. The number of nitrogens with zero attached hydrogens (tertiary/aromatic N) is 2. The second-order valence-corrected chi connectivity index (χ2v) is 7.14. The zero-order valence-corrected chi connectivity index (χ0v) is 16.9. The van der Waals surface area contributed by atoms with Crippen molar-refractivity contribution >= 4 is 40.2 Å². The van der Waals surface area contributed by atoms with Crippen LogP contribution in [0.1, 0.15) is 11.3 Å². The van der Waals surface area contributed by atoms with Crippen LogP contribution in [0.25, 0.3) is 22.1 Å². The molecule has 3 aromatic carbocycles. The summed E-state index contributed by atoms with van der Waals surface area (Å²) < 4.78 is 5.65. The summed E-state index contributed by atoms with van der Waals surface area (Å²) in [6.45, 7) is 0. The first-order chi connectivity index (χ1) is 15.0. The number of furan rings is 1. The van der Waals surface area contributed by atoms with Crippen LogP contribution >= 0.6 is 11.6 Å². The lowest BCUT2D eigenvalue weighted by Crippen LogP contribution is -2.19. The molecule has 1 heterocycles. The number of nitro groups is 1. The molecule has 0 aliphatic heterocycles. The molecule has 154 valence electrons. The molecule has 1 aromatic heterocycles. The Kier molecular flexibility index (Phi) is 5.77. The lowest BCUT2D eigenvalue weighted by Gasteiger charge is -2.05. The summed E-state index contributed by atoms with van der Waals surface area (Å²) in [5, 5.41) is 17.1. The lowest BCUT2D eigenvalue weighted by molar-refractivity contribution is -0.384. The maximum absolute atomic E-state index is 12.3. The molecular weight excluding hydrogens is 418 g/mol. The zero-order chi connectivity index (χ0) is 21.8. The van der Waals surface area contributed by atoms with Gasteiger partial charge in [0.15, 0.2) is 0 Å². The highest BCUT2D eigenvalue weighted by Crippen LogP contribution is 2.32. The number of carbonyl (C=O) groups excluding carboxylic acids is 1. The third kappa shape index (κ3) is 4.62. The Morgan fingerprint density at radius 2 is 1.90 bits per heavy atom. The first kappa shape index (κ1) is 20.3. The van der Waals surface area contributed by atoms with E-state index in [2.05, 4.69) is 10.5 Å². The van der Waals surface area contributed by atoms with Crippen molar-refractivity contribution in [1.82, 2.24) is 5.43 Å². The second kappa shape index (κ2) is 8.81. The highest BCUT2D eigenvalue weighted by atomic mass is 35.5. The zero-order valence-electron chi connectivity index (χ0n) is 16.1. The van der Waals surface area contributed by atoms with Crippen LogP contribution in [0.4, 0.5) is 5.69 Å². The molecule has 7 nitrogen and oxygen atoms in total. The summed E-state index contributed by atoms with van der Waals surface area (Å²) in [5.41, 5.74) is 3.83. The Labute approximate surface area is 182 Å². The van der Waals surface area contributed by atoms with Crippen molar-refractivity contribution in [3.63, 3.8) is 0 Å². The predicted molar refractivity (Wildman–Crippen MR) is 119 cm³/mol. The molecule has 0 saturated heterocycles. The number of hydrogen-bond acceptors (Lipinski definition) is 5. The quantitative estimate of drug-likeness (QED) is 0.251. The molecule has 31 heavy (non-hydrogen) atoms. The third-order valence-corrected chi connectivity index (χ3v) is 4.98. The van der Waals surface area contributed by atoms with Gasteiger partial charge in [0, 0.05) is 17.7 Å². The summed E-state index contributed by atoms with van der Waals surface area (Å²) in [7, 11) is 0. The van der Waals surface area contributed by atoms with Crippen molar-refractivity contribution in [3.05, 3.63) is 99.3 Å². The van der Waals surface area contributed by atoms with Crippen LogP contribution in [-0.2, 0) is 11.2 Å². The average Bonchev–Trinajstić information content (AvgIpc) is 3.22. The first-order valence-corrected chi connectivity index (χ1v) is 9.72. The van der Waals surface area contributed by atoms with Crippen molar-refractivity contribution in [2.24, 2.45) is 5.10 Å². The van der Waals surface area contributed by atoms with Gasteiger partial charge < -0.3 is 4.42 Å². The van der Waals surface area contributed by atoms with Gasteiger partial charge in [-0.25, -0.2) is 5.43 Å². The van der Waals surface area contributed by atoms with Crippen molar-refractivity contribution in [1.29, 1.82) is 0 Å². The van der Waals surface area contributed by atoms with Crippen LogP contribution in [0, 0.1) is 10.1 Å². The van der Waals surface area contributed by atoms with Crippen molar-refractivity contribution in [3.8, 4) is 11.3 Å². The molecule has 1 N–H and O–H groups in total. The Balaban J connectivity index is 1.41. The standard InChI is InChI=1S/C23H16ClN3O4/c24-21-13-17(27(29)30)8-10-20(21)22-11-9-18(31-22)14-25-26-23(28)12-16-6-3-5-15-4-1-2-7-19(15)16/h1-11,13-14H,12H2,(H,26,28). The fraction of sp³-hybridized carbons (Fsp3) is 0.0435. The minimum absolute atomic E-state index is 0.101. The van der Waals surface area contributed by atoms with Crippen molar-refractivity contribution in [2.45, 2.75) is 6.42 Å². The van der Waals surface area contributed by atoms with Gasteiger partial charge in [0.05, 0.1) is 22.6 Å². The van der Waals surface area contributed by atoms with Crippen LogP contribution in [0.2, 0.25) is 5.02 Å². The number of amides is 1. The molecule has 0 aliphatic carbocycles. The second-order valence-electron chi connectivity index (χ2n) is 6.73. The van der Waals surface area contributed by atoms with E-state index in [9.17, 15) is 14.9 Å². The smallest absolute Gasteiger partial charge is 0.270 e. The van der Waals surface area contributed by atoms with Crippen LogP contribution < -0.4 is 5.43 Å². The average molecular weight is 434 g/mol. The normalized spacial score (nSPS) is 11.1. The Hall–Kier alpha value is -3.97. The minimum atomic E-state index is -0.517. The number of rotatable bonds is 6.